The Morgan fingerprint density at radius 2 is 2.04 bits per heavy atom. The maximum atomic E-state index is 13.0. The Morgan fingerprint density at radius 3 is 2.63 bits per heavy atom. The van der Waals surface area contributed by atoms with Crippen LogP contribution in [-0.2, 0) is 20.0 Å². The van der Waals surface area contributed by atoms with Crippen LogP contribution in [0.5, 0.6) is 0 Å². The molecule has 0 radical (unpaired) electrons. The zero-order valence-corrected chi connectivity index (χ0v) is 16.4. The highest BCUT2D eigenvalue weighted by atomic mass is 16.4. The zero-order chi connectivity index (χ0) is 19.3. The fourth-order valence-corrected chi connectivity index (χ4v) is 3.66. The highest BCUT2D eigenvalue weighted by Crippen LogP contribution is 2.32. The minimum Gasteiger partial charge on any atom is -0.440 e. The van der Waals surface area contributed by atoms with Crippen LogP contribution in [-0.4, -0.2) is 41.9 Å². The molecule has 0 aliphatic carbocycles. The monoisotopic (exact) mass is 368 g/mol. The van der Waals surface area contributed by atoms with Crippen molar-refractivity contribution >= 4 is 5.91 Å². The molecule has 3 aromatic heterocycles. The van der Waals surface area contributed by atoms with Gasteiger partial charge in [-0.1, -0.05) is 0 Å². The number of carbonyl (C=O) groups is 1. The summed E-state index contributed by atoms with van der Waals surface area (Å²) < 4.78 is 9.43. The van der Waals surface area contributed by atoms with Crippen LogP contribution in [0.15, 0.2) is 16.8 Å². The number of aromatic nitrogens is 5. The summed E-state index contributed by atoms with van der Waals surface area (Å²) in [5.74, 6) is 1.25. The van der Waals surface area contributed by atoms with E-state index < -0.39 is 0 Å². The molecule has 0 fully saturated rings. The Morgan fingerprint density at radius 1 is 1.26 bits per heavy atom. The summed E-state index contributed by atoms with van der Waals surface area (Å²) in [5, 5.41) is 9.06. The highest BCUT2D eigenvalue weighted by molar-refractivity contribution is 5.95. The van der Waals surface area contributed by atoms with E-state index in [0.29, 0.717) is 24.5 Å². The molecule has 0 saturated carbocycles. The van der Waals surface area contributed by atoms with Crippen LogP contribution in [0, 0.1) is 13.8 Å². The predicted molar refractivity (Wildman–Crippen MR) is 99.2 cm³/mol. The molecule has 1 aliphatic rings. The van der Waals surface area contributed by atoms with Crippen molar-refractivity contribution in [1.29, 1.82) is 0 Å². The van der Waals surface area contributed by atoms with Gasteiger partial charge in [-0.2, -0.15) is 10.2 Å². The molecule has 142 valence electrons. The average molecular weight is 368 g/mol. The first-order valence-electron chi connectivity index (χ1n) is 9.17. The van der Waals surface area contributed by atoms with Gasteiger partial charge in [0.2, 0.25) is 5.89 Å². The summed E-state index contributed by atoms with van der Waals surface area (Å²) in [6, 6.07) is 0.228. The number of hydrogen-bond donors (Lipinski definition) is 0. The van der Waals surface area contributed by atoms with Gasteiger partial charge in [0.05, 0.1) is 24.0 Å². The lowest BCUT2D eigenvalue weighted by Crippen LogP contribution is -2.36. The Bertz CT molecular complexity index is 1010. The van der Waals surface area contributed by atoms with Crippen molar-refractivity contribution < 1.29 is 9.21 Å². The maximum absolute atomic E-state index is 13.0. The Hall–Kier alpha value is -2.90. The summed E-state index contributed by atoms with van der Waals surface area (Å²) in [6.07, 6.45) is 4.23. The van der Waals surface area contributed by atoms with Gasteiger partial charge in [-0.05, 0) is 27.7 Å². The van der Waals surface area contributed by atoms with E-state index in [-0.39, 0.29) is 11.9 Å². The molecule has 4 rings (SSSR count). The zero-order valence-electron chi connectivity index (χ0n) is 16.4. The topological polar surface area (TPSA) is 82.0 Å². The second-order valence-corrected chi connectivity index (χ2v) is 7.37. The summed E-state index contributed by atoms with van der Waals surface area (Å²) >= 11 is 0. The molecular formula is C19H24N6O2. The number of fused-ring (bicyclic) bond motifs is 1. The van der Waals surface area contributed by atoms with Crippen molar-refractivity contribution in [3.8, 4) is 11.6 Å². The van der Waals surface area contributed by atoms with E-state index in [4.69, 9.17) is 9.52 Å². The minimum atomic E-state index is -0.00178. The lowest BCUT2D eigenvalue weighted by atomic mass is 10.0. The van der Waals surface area contributed by atoms with Gasteiger partial charge in [0.15, 0.2) is 5.69 Å². The van der Waals surface area contributed by atoms with Crippen molar-refractivity contribution in [3.05, 3.63) is 40.7 Å². The molecule has 0 bridgehead atoms. The standard InChI is InChI=1S/C19H24N6O2/c1-11(2)25-16-6-7-24(19(26)14-9-23(5)21-13(14)4)10-15(16)17(22-25)18-20-8-12(3)27-18/h8-9,11H,6-7,10H2,1-5H3. The van der Waals surface area contributed by atoms with Crippen molar-refractivity contribution in [3.63, 3.8) is 0 Å². The normalized spacial score (nSPS) is 14.1. The minimum absolute atomic E-state index is 0.00178. The van der Waals surface area contributed by atoms with Crippen LogP contribution in [0.3, 0.4) is 0 Å². The maximum Gasteiger partial charge on any atom is 0.257 e. The number of hydrogen-bond acceptors (Lipinski definition) is 5. The number of nitrogens with zero attached hydrogens (tertiary/aromatic N) is 6. The Kier molecular flexibility index (Phi) is 4.13. The van der Waals surface area contributed by atoms with Gasteiger partial charge < -0.3 is 9.32 Å². The molecule has 8 heteroatoms. The third-order valence-electron chi connectivity index (χ3n) is 4.93. The van der Waals surface area contributed by atoms with E-state index in [9.17, 15) is 4.79 Å². The van der Waals surface area contributed by atoms with Crippen LogP contribution in [0.2, 0.25) is 0 Å². The van der Waals surface area contributed by atoms with Crippen LogP contribution in [0.4, 0.5) is 0 Å². The van der Waals surface area contributed by atoms with E-state index in [0.717, 1.165) is 34.8 Å². The summed E-state index contributed by atoms with van der Waals surface area (Å²) in [6.45, 7) is 9.08. The molecular weight excluding hydrogens is 344 g/mol. The van der Waals surface area contributed by atoms with Gasteiger partial charge in [-0.25, -0.2) is 4.98 Å². The van der Waals surface area contributed by atoms with Crippen molar-refractivity contribution in [2.24, 2.45) is 7.05 Å². The van der Waals surface area contributed by atoms with Crippen LogP contribution in [0.25, 0.3) is 11.6 Å². The van der Waals surface area contributed by atoms with Gasteiger partial charge >= 0.3 is 0 Å². The fraction of sp³-hybridized carbons (Fsp3) is 0.474. The summed E-state index contributed by atoms with van der Waals surface area (Å²) in [7, 11) is 1.83. The van der Waals surface area contributed by atoms with Gasteiger partial charge in [-0.3, -0.25) is 14.2 Å². The van der Waals surface area contributed by atoms with Crippen molar-refractivity contribution in [1.82, 2.24) is 29.4 Å². The smallest absolute Gasteiger partial charge is 0.257 e. The lowest BCUT2D eigenvalue weighted by Gasteiger charge is -2.28. The van der Waals surface area contributed by atoms with E-state index in [1.165, 1.54) is 0 Å². The Balaban J connectivity index is 1.73. The van der Waals surface area contributed by atoms with Crippen LogP contribution >= 0.6 is 0 Å². The first kappa shape index (κ1) is 17.5. The molecule has 0 N–H and O–H groups in total. The van der Waals surface area contributed by atoms with E-state index >= 15 is 0 Å². The van der Waals surface area contributed by atoms with E-state index in [2.05, 4.69) is 23.9 Å². The number of oxazole rings is 1. The molecule has 4 heterocycles. The third kappa shape index (κ3) is 2.94. The number of rotatable bonds is 3. The molecule has 1 amide bonds. The van der Waals surface area contributed by atoms with Gasteiger partial charge in [-0.15, -0.1) is 0 Å². The molecule has 0 atom stereocenters. The molecule has 0 saturated heterocycles. The predicted octanol–water partition coefficient (Wildman–Crippen LogP) is 2.67. The van der Waals surface area contributed by atoms with Crippen molar-refractivity contribution in [2.75, 3.05) is 6.54 Å². The molecule has 0 unspecified atom stereocenters. The largest absolute Gasteiger partial charge is 0.440 e. The summed E-state index contributed by atoms with van der Waals surface area (Å²) in [5.41, 5.74) is 4.29. The van der Waals surface area contributed by atoms with Gasteiger partial charge in [0, 0.05) is 43.5 Å². The third-order valence-corrected chi connectivity index (χ3v) is 4.93. The second kappa shape index (κ2) is 6.37. The molecule has 8 nitrogen and oxygen atoms in total. The average Bonchev–Trinajstić information content (AvgIpc) is 3.30. The van der Waals surface area contributed by atoms with Gasteiger partial charge in [0.25, 0.3) is 5.91 Å². The first-order chi connectivity index (χ1) is 12.8. The first-order valence-corrected chi connectivity index (χ1v) is 9.17. The van der Waals surface area contributed by atoms with E-state index in [1.54, 1.807) is 17.1 Å². The van der Waals surface area contributed by atoms with Crippen LogP contribution < -0.4 is 0 Å². The van der Waals surface area contributed by atoms with Crippen molar-refractivity contribution in [2.45, 2.75) is 46.7 Å². The second-order valence-electron chi connectivity index (χ2n) is 7.37. The number of amides is 1. The molecule has 27 heavy (non-hydrogen) atoms. The number of carbonyl (C=O) groups excluding carboxylic acids is 1. The molecule has 0 aromatic carbocycles. The highest BCUT2D eigenvalue weighted by Gasteiger charge is 2.31. The van der Waals surface area contributed by atoms with E-state index in [1.807, 2.05) is 30.5 Å². The summed E-state index contributed by atoms with van der Waals surface area (Å²) in [4.78, 5) is 19.3. The van der Waals surface area contributed by atoms with Gasteiger partial charge in [0.1, 0.15) is 5.76 Å². The lowest BCUT2D eigenvalue weighted by molar-refractivity contribution is 0.0732. The SMILES string of the molecule is Cc1cnc(-c2nn(C(C)C)c3c2CN(C(=O)c2cn(C)nc2C)CC3)o1. The molecule has 0 spiro atoms. The quantitative estimate of drug-likeness (QED) is 0.710. The number of aryl methyl sites for hydroxylation is 3. The molecule has 1 aliphatic heterocycles. The molecule has 3 aromatic rings. The fourth-order valence-electron chi connectivity index (χ4n) is 3.66. The Labute approximate surface area is 157 Å². The van der Waals surface area contributed by atoms with Crippen LogP contribution in [0.1, 0.15) is 53.0 Å².